The smallest absolute Gasteiger partial charge is 0.261 e. The molecule has 0 aliphatic carbocycles. The minimum absolute atomic E-state index is 0.181. The van der Waals surface area contributed by atoms with E-state index < -0.39 is 20.0 Å². The molecule has 1 saturated heterocycles. The largest absolute Gasteiger partial charge is 0.280 e. The van der Waals surface area contributed by atoms with Crippen LogP contribution in [0.5, 0.6) is 0 Å². The summed E-state index contributed by atoms with van der Waals surface area (Å²) in [5.41, 5.74) is 1.44. The Morgan fingerprint density at radius 2 is 1.47 bits per heavy atom. The Bertz CT molecular complexity index is 1040. The third-order valence-electron chi connectivity index (χ3n) is 5.54. The molecule has 2 aromatic carbocycles. The molecule has 30 heavy (non-hydrogen) atoms. The molecule has 8 heteroatoms. The Balaban J connectivity index is 1.70. The SMILES string of the molecule is CCCCc1ccc(S(=O)(=O)Nc2ccc(S(=O)(=O)N3CCC(C)CC3)cc2)cc1. The highest BCUT2D eigenvalue weighted by atomic mass is 32.2. The number of hydrogen-bond acceptors (Lipinski definition) is 4. The molecule has 0 atom stereocenters. The second kappa shape index (κ2) is 9.49. The van der Waals surface area contributed by atoms with Crippen molar-refractivity contribution >= 4 is 25.7 Å². The number of anilines is 1. The van der Waals surface area contributed by atoms with Crippen LogP contribution >= 0.6 is 0 Å². The summed E-state index contributed by atoms with van der Waals surface area (Å²) in [7, 11) is -7.29. The van der Waals surface area contributed by atoms with Crippen molar-refractivity contribution < 1.29 is 16.8 Å². The topological polar surface area (TPSA) is 83.5 Å². The number of sulfonamides is 2. The molecule has 0 bridgehead atoms. The summed E-state index contributed by atoms with van der Waals surface area (Å²) >= 11 is 0. The van der Waals surface area contributed by atoms with Crippen molar-refractivity contribution in [3.8, 4) is 0 Å². The molecule has 1 aliphatic heterocycles. The van der Waals surface area contributed by atoms with Crippen molar-refractivity contribution in [1.29, 1.82) is 0 Å². The predicted octanol–water partition coefficient (Wildman–Crippen LogP) is 4.25. The maximum absolute atomic E-state index is 12.8. The maximum atomic E-state index is 12.8. The summed E-state index contributed by atoms with van der Waals surface area (Å²) in [5.74, 6) is 0.536. The van der Waals surface area contributed by atoms with E-state index in [1.807, 2.05) is 12.1 Å². The fourth-order valence-electron chi connectivity index (χ4n) is 3.50. The number of piperidine rings is 1. The minimum Gasteiger partial charge on any atom is -0.280 e. The summed E-state index contributed by atoms with van der Waals surface area (Å²) < 4.78 is 54.9. The van der Waals surface area contributed by atoms with E-state index in [0.29, 0.717) is 24.7 Å². The summed E-state index contributed by atoms with van der Waals surface area (Å²) in [4.78, 5) is 0.363. The van der Waals surface area contributed by atoms with Crippen LogP contribution in [0, 0.1) is 5.92 Å². The Hall–Kier alpha value is -1.90. The summed E-state index contributed by atoms with van der Waals surface area (Å²) in [6.07, 6.45) is 4.79. The fourth-order valence-corrected chi connectivity index (χ4v) is 6.03. The van der Waals surface area contributed by atoms with Gasteiger partial charge in [-0.3, -0.25) is 4.72 Å². The van der Waals surface area contributed by atoms with Crippen LogP contribution < -0.4 is 4.72 Å². The van der Waals surface area contributed by atoms with Crippen LogP contribution in [0.1, 0.15) is 45.1 Å². The van der Waals surface area contributed by atoms with Crippen LogP contribution in [0.4, 0.5) is 5.69 Å². The quantitative estimate of drug-likeness (QED) is 0.652. The maximum Gasteiger partial charge on any atom is 0.261 e. The molecule has 0 amide bonds. The van der Waals surface area contributed by atoms with Gasteiger partial charge in [0.1, 0.15) is 0 Å². The zero-order valence-electron chi connectivity index (χ0n) is 17.5. The number of aryl methyl sites for hydroxylation is 1. The van der Waals surface area contributed by atoms with Gasteiger partial charge in [-0.05, 0) is 73.6 Å². The van der Waals surface area contributed by atoms with E-state index in [2.05, 4.69) is 18.6 Å². The van der Waals surface area contributed by atoms with Crippen LogP contribution in [0.25, 0.3) is 0 Å². The molecule has 0 radical (unpaired) electrons. The summed E-state index contributed by atoms with van der Waals surface area (Å²) in [5, 5.41) is 0. The van der Waals surface area contributed by atoms with Crippen molar-refractivity contribution in [2.75, 3.05) is 17.8 Å². The number of nitrogens with one attached hydrogen (secondary N) is 1. The molecule has 2 aromatic rings. The van der Waals surface area contributed by atoms with Gasteiger partial charge in [-0.15, -0.1) is 0 Å². The first kappa shape index (κ1) is 22.8. The second-order valence-corrected chi connectivity index (χ2v) is 11.6. The molecular weight excluding hydrogens is 420 g/mol. The first-order valence-corrected chi connectivity index (χ1v) is 13.4. The third-order valence-corrected chi connectivity index (χ3v) is 8.85. The van der Waals surface area contributed by atoms with Crippen molar-refractivity contribution in [3.05, 3.63) is 54.1 Å². The van der Waals surface area contributed by atoms with Gasteiger partial charge in [-0.2, -0.15) is 4.31 Å². The van der Waals surface area contributed by atoms with Gasteiger partial charge in [0.25, 0.3) is 10.0 Å². The van der Waals surface area contributed by atoms with Gasteiger partial charge in [0.05, 0.1) is 9.79 Å². The molecule has 0 aromatic heterocycles. The molecule has 1 N–H and O–H groups in total. The number of benzene rings is 2. The van der Waals surface area contributed by atoms with E-state index in [4.69, 9.17) is 0 Å². The first-order valence-electron chi connectivity index (χ1n) is 10.4. The molecule has 3 rings (SSSR count). The number of unbranched alkanes of at least 4 members (excludes halogenated alkanes) is 1. The molecule has 164 valence electrons. The summed E-state index contributed by atoms with van der Waals surface area (Å²) in [6, 6.07) is 12.8. The highest BCUT2D eigenvalue weighted by molar-refractivity contribution is 7.92. The Morgan fingerprint density at radius 3 is 2.03 bits per heavy atom. The first-order chi connectivity index (χ1) is 14.2. The van der Waals surface area contributed by atoms with Crippen LogP contribution in [0.2, 0.25) is 0 Å². The molecular formula is C22H30N2O4S2. The molecule has 1 fully saturated rings. The average molecular weight is 451 g/mol. The van der Waals surface area contributed by atoms with Crippen LogP contribution in [0.3, 0.4) is 0 Å². The lowest BCUT2D eigenvalue weighted by atomic mass is 10.0. The highest BCUT2D eigenvalue weighted by Gasteiger charge is 2.28. The Morgan fingerprint density at radius 1 is 0.900 bits per heavy atom. The van der Waals surface area contributed by atoms with Crippen molar-refractivity contribution in [2.45, 2.75) is 55.7 Å². The Kier molecular flexibility index (Phi) is 7.21. The summed E-state index contributed by atoms with van der Waals surface area (Å²) in [6.45, 7) is 5.29. The fraction of sp³-hybridized carbons (Fsp3) is 0.455. The standard InChI is InChI=1S/C22H30N2O4S2/c1-3-4-5-19-6-10-21(11-7-19)29(25,26)23-20-8-12-22(13-9-20)30(27,28)24-16-14-18(2)15-17-24/h6-13,18,23H,3-5,14-17H2,1-2H3. The number of rotatable bonds is 8. The van der Waals surface area contributed by atoms with E-state index in [0.717, 1.165) is 37.7 Å². The van der Waals surface area contributed by atoms with Gasteiger partial charge in [0.2, 0.25) is 10.0 Å². The second-order valence-electron chi connectivity index (χ2n) is 7.96. The minimum atomic E-state index is -3.74. The monoisotopic (exact) mass is 450 g/mol. The van der Waals surface area contributed by atoms with E-state index >= 15 is 0 Å². The van der Waals surface area contributed by atoms with Gasteiger partial charge in [-0.1, -0.05) is 32.4 Å². The lowest BCUT2D eigenvalue weighted by Gasteiger charge is -2.29. The van der Waals surface area contributed by atoms with Crippen molar-refractivity contribution in [2.24, 2.45) is 5.92 Å². The molecule has 0 spiro atoms. The predicted molar refractivity (Wildman–Crippen MR) is 119 cm³/mol. The van der Waals surface area contributed by atoms with E-state index in [1.165, 1.54) is 28.6 Å². The molecule has 6 nitrogen and oxygen atoms in total. The highest BCUT2D eigenvalue weighted by Crippen LogP contribution is 2.25. The zero-order valence-corrected chi connectivity index (χ0v) is 19.2. The van der Waals surface area contributed by atoms with Crippen molar-refractivity contribution in [1.82, 2.24) is 4.31 Å². The van der Waals surface area contributed by atoms with Gasteiger partial charge in [0, 0.05) is 18.8 Å². The molecule has 1 aliphatic rings. The van der Waals surface area contributed by atoms with Crippen molar-refractivity contribution in [3.63, 3.8) is 0 Å². The van der Waals surface area contributed by atoms with Gasteiger partial charge in [-0.25, -0.2) is 16.8 Å². The van der Waals surface area contributed by atoms with Gasteiger partial charge in [0.15, 0.2) is 0 Å². The Labute approximate surface area is 180 Å². The third kappa shape index (κ3) is 5.42. The van der Waals surface area contributed by atoms with Crippen LogP contribution in [0.15, 0.2) is 58.3 Å². The lowest BCUT2D eigenvalue weighted by molar-refractivity contribution is 0.288. The van der Waals surface area contributed by atoms with E-state index in [-0.39, 0.29) is 9.79 Å². The normalized spacial score (nSPS) is 16.5. The van der Waals surface area contributed by atoms with Crippen LogP contribution in [-0.2, 0) is 26.5 Å². The van der Waals surface area contributed by atoms with E-state index in [9.17, 15) is 16.8 Å². The molecule has 0 unspecified atom stereocenters. The molecule has 1 heterocycles. The van der Waals surface area contributed by atoms with Crippen LogP contribution in [-0.4, -0.2) is 34.2 Å². The zero-order chi connectivity index (χ0) is 21.8. The number of nitrogens with zero attached hydrogens (tertiary/aromatic N) is 1. The van der Waals surface area contributed by atoms with E-state index in [1.54, 1.807) is 12.1 Å². The number of hydrogen-bond donors (Lipinski definition) is 1. The lowest BCUT2D eigenvalue weighted by Crippen LogP contribution is -2.37. The average Bonchev–Trinajstić information content (AvgIpc) is 2.73. The van der Waals surface area contributed by atoms with Gasteiger partial charge >= 0.3 is 0 Å². The molecule has 0 saturated carbocycles. The van der Waals surface area contributed by atoms with Gasteiger partial charge < -0.3 is 0 Å².